The molecule has 3 fully saturated rings. The molecule has 1 aromatic rings. The third kappa shape index (κ3) is 3.96. The van der Waals surface area contributed by atoms with E-state index in [1.807, 2.05) is 6.07 Å². The number of piperazine rings is 1. The van der Waals surface area contributed by atoms with E-state index in [1.165, 1.54) is 0 Å². The maximum Gasteiger partial charge on any atom is 0.306 e. The van der Waals surface area contributed by atoms with Gasteiger partial charge < -0.3 is 10.0 Å². The number of carbonyl (C=O) groups is 5. The Morgan fingerprint density at radius 3 is 2.21 bits per heavy atom. The molecule has 4 aliphatic rings. The van der Waals surface area contributed by atoms with Crippen molar-refractivity contribution in [1.82, 2.24) is 15.1 Å². The highest BCUT2D eigenvalue weighted by Crippen LogP contribution is 2.32. The molecule has 0 spiro atoms. The van der Waals surface area contributed by atoms with Crippen molar-refractivity contribution in [2.45, 2.75) is 50.6 Å². The largest absolute Gasteiger partial charge is 0.481 e. The van der Waals surface area contributed by atoms with E-state index in [2.05, 4.69) is 15.1 Å². The smallest absolute Gasteiger partial charge is 0.306 e. The molecule has 5 rings (SSSR count). The van der Waals surface area contributed by atoms with Gasteiger partial charge in [-0.15, -0.1) is 0 Å². The number of hydrogen-bond acceptors (Lipinski definition) is 7. The molecular formula is C24H28N4O6. The summed E-state index contributed by atoms with van der Waals surface area (Å²) in [4.78, 5) is 66.5. The first-order valence-electron chi connectivity index (χ1n) is 11.9. The second-order valence-corrected chi connectivity index (χ2v) is 9.54. The number of imide groups is 2. The molecule has 34 heavy (non-hydrogen) atoms. The van der Waals surface area contributed by atoms with Gasteiger partial charge in [-0.25, -0.2) is 0 Å². The van der Waals surface area contributed by atoms with E-state index < -0.39 is 35.6 Å². The van der Waals surface area contributed by atoms with Crippen LogP contribution in [0.25, 0.3) is 0 Å². The first-order valence-corrected chi connectivity index (χ1v) is 11.9. The van der Waals surface area contributed by atoms with Crippen molar-refractivity contribution in [2.24, 2.45) is 5.92 Å². The van der Waals surface area contributed by atoms with Crippen molar-refractivity contribution in [2.75, 3.05) is 31.1 Å². The lowest BCUT2D eigenvalue weighted by Gasteiger charge is -2.42. The number of carbonyl (C=O) groups excluding carboxylic acids is 4. The van der Waals surface area contributed by atoms with Crippen LogP contribution in [0.5, 0.6) is 0 Å². The zero-order valence-corrected chi connectivity index (χ0v) is 18.9. The van der Waals surface area contributed by atoms with Gasteiger partial charge in [0.1, 0.15) is 6.04 Å². The van der Waals surface area contributed by atoms with Gasteiger partial charge in [-0.3, -0.25) is 39.1 Å². The second-order valence-electron chi connectivity index (χ2n) is 9.54. The summed E-state index contributed by atoms with van der Waals surface area (Å²) in [6.07, 6.45) is 3.50. The van der Waals surface area contributed by atoms with Crippen molar-refractivity contribution >= 4 is 35.3 Å². The molecule has 3 heterocycles. The molecule has 180 valence electrons. The fraction of sp³-hybridized carbons (Fsp3) is 0.542. The van der Waals surface area contributed by atoms with Crippen LogP contribution >= 0.6 is 0 Å². The summed E-state index contributed by atoms with van der Waals surface area (Å²) >= 11 is 0. The number of carboxylic acid groups (broad SMARTS) is 1. The van der Waals surface area contributed by atoms with Crippen molar-refractivity contribution in [3.05, 3.63) is 29.3 Å². The van der Waals surface area contributed by atoms with Crippen LogP contribution in [0.4, 0.5) is 5.69 Å². The number of piperidine rings is 1. The molecule has 10 nitrogen and oxygen atoms in total. The van der Waals surface area contributed by atoms with Gasteiger partial charge in [0.05, 0.1) is 17.0 Å². The van der Waals surface area contributed by atoms with Crippen LogP contribution in [0.2, 0.25) is 0 Å². The lowest BCUT2D eigenvalue weighted by atomic mass is 9.85. The van der Waals surface area contributed by atoms with E-state index in [9.17, 15) is 29.1 Å². The molecule has 1 saturated carbocycles. The Morgan fingerprint density at radius 2 is 1.56 bits per heavy atom. The highest BCUT2D eigenvalue weighted by molar-refractivity contribution is 6.23. The summed E-state index contributed by atoms with van der Waals surface area (Å²) in [5.41, 5.74) is 1.44. The van der Waals surface area contributed by atoms with Crippen LogP contribution in [0.3, 0.4) is 0 Å². The number of rotatable bonds is 4. The molecule has 2 N–H and O–H groups in total. The van der Waals surface area contributed by atoms with Crippen LogP contribution in [0, 0.1) is 5.92 Å². The van der Waals surface area contributed by atoms with Crippen LogP contribution in [-0.2, 0) is 14.4 Å². The van der Waals surface area contributed by atoms with Crippen LogP contribution in [-0.4, -0.2) is 82.8 Å². The van der Waals surface area contributed by atoms with Crippen molar-refractivity contribution in [3.8, 4) is 0 Å². The number of nitrogens with one attached hydrogen (secondary N) is 1. The fourth-order valence-electron chi connectivity index (χ4n) is 5.69. The molecule has 1 unspecified atom stereocenters. The minimum Gasteiger partial charge on any atom is -0.481 e. The van der Waals surface area contributed by atoms with Gasteiger partial charge >= 0.3 is 5.97 Å². The Balaban J connectivity index is 1.23. The zero-order valence-electron chi connectivity index (χ0n) is 18.9. The predicted octanol–water partition coefficient (Wildman–Crippen LogP) is 0.853. The maximum absolute atomic E-state index is 13.1. The maximum atomic E-state index is 13.1. The average Bonchev–Trinajstić information content (AvgIpc) is 3.09. The monoisotopic (exact) mass is 468 g/mol. The number of hydrogen-bond donors (Lipinski definition) is 2. The first kappa shape index (κ1) is 22.5. The van der Waals surface area contributed by atoms with Gasteiger partial charge in [0.15, 0.2) is 0 Å². The fourth-order valence-corrected chi connectivity index (χ4v) is 5.69. The van der Waals surface area contributed by atoms with Gasteiger partial charge in [-0.1, -0.05) is 0 Å². The number of carboxylic acids is 1. The van der Waals surface area contributed by atoms with Crippen molar-refractivity contribution in [1.29, 1.82) is 0 Å². The van der Waals surface area contributed by atoms with E-state index in [0.717, 1.165) is 62.4 Å². The third-order valence-electron chi connectivity index (χ3n) is 7.67. The number of aliphatic carboxylic acids is 1. The normalized spacial score (nSPS) is 28.2. The quantitative estimate of drug-likeness (QED) is 0.623. The Kier molecular flexibility index (Phi) is 5.85. The van der Waals surface area contributed by atoms with Crippen LogP contribution < -0.4 is 10.2 Å². The van der Waals surface area contributed by atoms with E-state index in [1.54, 1.807) is 12.1 Å². The molecule has 4 amide bonds. The Labute approximate surface area is 196 Å². The van der Waals surface area contributed by atoms with Gasteiger partial charge in [-0.2, -0.15) is 0 Å². The Morgan fingerprint density at radius 1 is 0.882 bits per heavy atom. The lowest BCUT2D eigenvalue weighted by Crippen LogP contribution is -2.54. The third-order valence-corrected chi connectivity index (χ3v) is 7.67. The zero-order chi connectivity index (χ0) is 24.0. The van der Waals surface area contributed by atoms with Crippen molar-refractivity contribution in [3.63, 3.8) is 0 Å². The number of fused-ring (bicyclic) bond motifs is 1. The molecule has 1 aliphatic carbocycles. The van der Waals surface area contributed by atoms with Crippen molar-refractivity contribution < 1.29 is 29.1 Å². The second kappa shape index (κ2) is 8.83. The average molecular weight is 469 g/mol. The first-order chi connectivity index (χ1) is 16.3. The highest BCUT2D eigenvalue weighted by Gasteiger charge is 2.44. The van der Waals surface area contributed by atoms with E-state index >= 15 is 0 Å². The summed E-state index contributed by atoms with van der Waals surface area (Å²) in [6, 6.07) is 4.67. The lowest BCUT2D eigenvalue weighted by molar-refractivity contribution is -0.143. The topological polar surface area (TPSA) is 127 Å². The molecule has 0 radical (unpaired) electrons. The summed E-state index contributed by atoms with van der Waals surface area (Å²) in [6.45, 7) is 3.26. The summed E-state index contributed by atoms with van der Waals surface area (Å²) < 4.78 is 0. The summed E-state index contributed by atoms with van der Waals surface area (Å²) in [7, 11) is 0. The summed E-state index contributed by atoms with van der Waals surface area (Å²) in [5, 5.41) is 11.4. The van der Waals surface area contributed by atoms with Gasteiger partial charge in [0.25, 0.3) is 11.8 Å². The van der Waals surface area contributed by atoms with Gasteiger partial charge in [-0.05, 0) is 50.3 Å². The SMILES string of the molecule is O=C1CCC(N2C(=O)c3ccc(N4CCN(C5CCC(C(=O)O)CC5)CC4)cc3C2=O)C(=O)N1. The minimum atomic E-state index is -0.965. The van der Waals surface area contributed by atoms with E-state index in [0.29, 0.717) is 11.6 Å². The van der Waals surface area contributed by atoms with Crippen LogP contribution in [0.1, 0.15) is 59.2 Å². The molecule has 1 atom stereocenters. The number of benzene rings is 1. The molecule has 10 heteroatoms. The number of amides is 4. The molecular weight excluding hydrogens is 440 g/mol. The molecule has 2 saturated heterocycles. The Hall–Kier alpha value is -3.27. The van der Waals surface area contributed by atoms with Gasteiger partial charge in [0.2, 0.25) is 11.8 Å². The molecule has 0 aromatic heterocycles. The number of anilines is 1. The highest BCUT2D eigenvalue weighted by atomic mass is 16.4. The van der Waals surface area contributed by atoms with Crippen LogP contribution in [0.15, 0.2) is 18.2 Å². The van der Waals surface area contributed by atoms with E-state index in [4.69, 9.17) is 0 Å². The Bertz CT molecular complexity index is 1060. The molecule has 1 aromatic carbocycles. The molecule has 3 aliphatic heterocycles. The van der Waals surface area contributed by atoms with Gasteiger partial charge in [0, 0.05) is 44.3 Å². The predicted molar refractivity (Wildman–Crippen MR) is 120 cm³/mol. The summed E-state index contributed by atoms with van der Waals surface area (Å²) in [5.74, 6) is -2.91. The number of nitrogens with zero attached hydrogens (tertiary/aromatic N) is 3. The standard InChI is InChI=1S/C24H28N4O6/c29-20-8-7-19(21(30)25-20)28-22(31)17-6-5-16(13-18(17)23(28)32)27-11-9-26(10-12-27)15-3-1-14(2-4-15)24(33)34/h5-6,13-15,19H,1-4,7-12H2,(H,33,34)(H,25,29,30). The minimum absolute atomic E-state index is 0.0945. The molecule has 0 bridgehead atoms. The van der Waals surface area contributed by atoms with E-state index in [-0.39, 0.29) is 24.3 Å².